The zero-order valence-corrected chi connectivity index (χ0v) is 17.9. The van der Waals surface area contributed by atoms with Crippen LogP contribution in [-0.4, -0.2) is 11.9 Å². The Hall–Kier alpha value is -4.62. The van der Waals surface area contributed by atoms with Crippen molar-refractivity contribution >= 4 is 22.7 Å². The van der Waals surface area contributed by atoms with Crippen molar-refractivity contribution in [3.05, 3.63) is 106 Å². The van der Waals surface area contributed by atoms with Crippen LogP contribution in [0.5, 0.6) is 11.5 Å². The number of fused-ring (bicyclic) bond motifs is 1. The molecule has 0 N–H and O–H groups in total. The molecule has 0 spiro atoms. The highest BCUT2D eigenvalue weighted by molar-refractivity contribution is 6.00. The summed E-state index contributed by atoms with van der Waals surface area (Å²) in [5, 5.41) is -0.403. The van der Waals surface area contributed by atoms with Gasteiger partial charge in [0.1, 0.15) is 22.6 Å². The Balaban J connectivity index is 1.73. The third kappa shape index (κ3) is 4.17. The van der Waals surface area contributed by atoms with E-state index in [-0.39, 0.29) is 10.8 Å². The third-order valence-corrected chi connectivity index (χ3v) is 5.08. The highest BCUT2D eigenvalue weighted by Crippen LogP contribution is 2.34. The van der Waals surface area contributed by atoms with Crippen molar-refractivity contribution in [3.63, 3.8) is 0 Å². The number of esters is 2. The van der Waals surface area contributed by atoms with E-state index in [4.69, 9.17) is 9.47 Å². The van der Waals surface area contributed by atoms with E-state index in [1.165, 1.54) is 0 Å². The minimum atomic E-state index is -2.51. The molecule has 0 aliphatic rings. The van der Waals surface area contributed by atoms with Crippen molar-refractivity contribution in [2.24, 2.45) is 0 Å². The second-order valence-corrected chi connectivity index (χ2v) is 7.28. The predicted octanol–water partition coefficient (Wildman–Crippen LogP) is 6.67. The van der Waals surface area contributed by atoms with Crippen LogP contribution >= 0.6 is 0 Å². The fourth-order valence-electron chi connectivity index (χ4n) is 3.30. The number of hydrogen-bond acceptors (Lipinski definition) is 4. The van der Waals surface area contributed by atoms with Gasteiger partial charge in [0.15, 0.2) is 46.5 Å². The molecule has 0 radical (unpaired) electrons. The van der Waals surface area contributed by atoms with Crippen LogP contribution in [0.1, 0.15) is 20.7 Å². The van der Waals surface area contributed by atoms with E-state index in [0.29, 0.717) is 0 Å². The number of hydrogen-bond donors (Lipinski definition) is 0. The third-order valence-electron chi connectivity index (χ3n) is 5.08. The average Bonchev–Trinajstić information content (AvgIpc) is 2.89. The molecule has 0 heterocycles. The summed E-state index contributed by atoms with van der Waals surface area (Å²) in [4.78, 5) is 24.6. The second kappa shape index (κ2) is 9.68. The van der Waals surface area contributed by atoms with Crippen molar-refractivity contribution in [1.82, 2.24) is 0 Å². The quantitative estimate of drug-likeness (QED) is 0.0941. The number of carbonyl (C=O) groups excluding carboxylic acids is 2. The van der Waals surface area contributed by atoms with Crippen molar-refractivity contribution in [2.45, 2.75) is 0 Å². The zero-order valence-electron chi connectivity index (χ0n) is 17.9. The van der Waals surface area contributed by atoms with Crippen LogP contribution in [-0.2, 0) is 0 Å². The second-order valence-electron chi connectivity index (χ2n) is 7.28. The first-order valence-corrected chi connectivity index (χ1v) is 9.85. The van der Waals surface area contributed by atoms with Gasteiger partial charge in [-0.15, -0.1) is 0 Å². The summed E-state index contributed by atoms with van der Waals surface area (Å²) >= 11 is 0. The SMILES string of the molecule is O=C(Oc1cccc2c(OC(=O)c3c(F)c(F)c(F)c(F)c3F)cccc12)c1c(F)c(F)c(F)c(F)c1F. The molecular formula is C24H6F10O4. The summed E-state index contributed by atoms with van der Waals surface area (Å²) in [5.41, 5.74) is -3.82. The minimum Gasteiger partial charge on any atom is -0.422 e. The highest BCUT2D eigenvalue weighted by atomic mass is 19.2. The lowest BCUT2D eigenvalue weighted by atomic mass is 10.1. The summed E-state index contributed by atoms with van der Waals surface area (Å²) in [6.45, 7) is 0. The first-order chi connectivity index (χ1) is 17.9. The van der Waals surface area contributed by atoms with Crippen LogP contribution in [0.2, 0.25) is 0 Å². The predicted molar refractivity (Wildman–Crippen MR) is 106 cm³/mol. The Bertz CT molecular complexity index is 1490. The molecule has 0 atom stereocenters. The lowest BCUT2D eigenvalue weighted by Gasteiger charge is -2.13. The Morgan fingerprint density at radius 2 is 0.684 bits per heavy atom. The highest BCUT2D eigenvalue weighted by Gasteiger charge is 2.33. The molecular weight excluding hydrogens is 542 g/mol. The summed E-state index contributed by atoms with van der Waals surface area (Å²) in [7, 11) is 0. The molecule has 4 aromatic carbocycles. The lowest BCUT2D eigenvalue weighted by Crippen LogP contribution is -2.18. The van der Waals surface area contributed by atoms with Crippen LogP contribution in [0.25, 0.3) is 10.8 Å². The monoisotopic (exact) mass is 548 g/mol. The van der Waals surface area contributed by atoms with Gasteiger partial charge in [-0.1, -0.05) is 24.3 Å². The van der Waals surface area contributed by atoms with Crippen molar-refractivity contribution < 1.29 is 63.0 Å². The van der Waals surface area contributed by atoms with Gasteiger partial charge in [-0.2, -0.15) is 0 Å². The molecule has 4 rings (SSSR count). The Morgan fingerprint density at radius 3 is 0.974 bits per heavy atom. The van der Waals surface area contributed by atoms with Gasteiger partial charge in [0.2, 0.25) is 11.6 Å². The fraction of sp³-hybridized carbons (Fsp3) is 0. The van der Waals surface area contributed by atoms with Gasteiger partial charge in [-0.25, -0.2) is 53.5 Å². The maximum absolute atomic E-state index is 14.0. The maximum atomic E-state index is 14.0. The molecule has 38 heavy (non-hydrogen) atoms. The Kier molecular flexibility index (Phi) is 6.74. The van der Waals surface area contributed by atoms with E-state index in [1.54, 1.807) is 0 Å². The minimum absolute atomic E-state index is 0.201. The Morgan fingerprint density at radius 1 is 0.421 bits per heavy atom. The van der Waals surface area contributed by atoms with Crippen LogP contribution in [0.4, 0.5) is 43.9 Å². The fourth-order valence-corrected chi connectivity index (χ4v) is 3.30. The van der Waals surface area contributed by atoms with E-state index in [1.807, 2.05) is 0 Å². The van der Waals surface area contributed by atoms with E-state index in [9.17, 15) is 53.5 Å². The summed E-state index contributed by atoms with van der Waals surface area (Å²) in [6, 6.07) is 6.51. The number of carbonyl (C=O) groups is 2. The van der Waals surface area contributed by atoms with Crippen LogP contribution < -0.4 is 9.47 Å². The van der Waals surface area contributed by atoms with E-state index in [2.05, 4.69) is 0 Å². The van der Waals surface area contributed by atoms with E-state index < -0.39 is 92.7 Å². The first-order valence-electron chi connectivity index (χ1n) is 9.85. The molecule has 4 nitrogen and oxygen atoms in total. The molecule has 0 aromatic heterocycles. The molecule has 0 aliphatic heterocycles. The summed E-state index contributed by atoms with van der Waals surface area (Å²) < 4.78 is 146. The van der Waals surface area contributed by atoms with Crippen LogP contribution in [0, 0.1) is 58.2 Å². The normalized spacial score (nSPS) is 11.1. The van der Waals surface area contributed by atoms with E-state index in [0.717, 1.165) is 36.4 Å². The molecule has 4 aromatic rings. The van der Waals surface area contributed by atoms with Gasteiger partial charge >= 0.3 is 11.9 Å². The van der Waals surface area contributed by atoms with Crippen LogP contribution in [0.15, 0.2) is 36.4 Å². The molecule has 0 unspecified atom stereocenters. The van der Waals surface area contributed by atoms with Gasteiger partial charge < -0.3 is 9.47 Å². The van der Waals surface area contributed by atoms with Gasteiger partial charge in [0.25, 0.3) is 0 Å². The zero-order chi connectivity index (χ0) is 28.0. The largest absolute Gasteiger partial charge is 0.422 e. The first kappa shape index (κ1) is 26.4. The van der Waals surface area contributed by atoms with Crippen LogP contribution in [0.3, 0.4) is 0 Å². The average molecular weight is 548 g/mol. The molecule has 0 bridgehead atoms. The molecule has 0 aliphatic carbocycles. The van der Waals surface area contributed by atoms with Crippen molar-refractivity contribution in [2.75, 3.05) is 0 Å². The molecule has 0 saturated heterocycles. The summed E-state index contributed by atoms with van der Waals surface area (Å²) in [5.74, 6) is -29.7. The van der Waals surface area contributed by atoms with Gasteiger partial charge in [0, 0.05) is 10.8 Å². The molecule has 0 fully saturated rings. The topological polar surface area (TPSA) is 52.6 Å². The molecule has 14 heteroatoms. The summed E-state index contributed by atoms with van der Waals surface area (Å²) in [6.07, 6.45) is 0. The molecule has 0 saturated carbocycles. The molecule has 196 valence electrons. The molecule has 0 amide bonds. The number of rotatable bonds is 4. The lowest BCUT2D eigenvalue weighted by molar-refractivity contribution is 0.0711. The Labute approximate surface area is 203 Å². The number of benzene rings is 4. The standard InChI is InChI=1S/C24H6F10O4/c25-13-11(14(26)18(30)21(33)17(13)29)23(35)37-9-5-1-3-7-8(9)4-2-6-10(7)38-24(36)12-15(27)19(31)22(34)20(32)16(12)28/h1-6H. The number of halogens is 10. The van der Waals surface area contributed by atoms with Crippen molar-refractivity contribution in [1.29, 1.82) is 0 Å². The van der Waals surface area contributed by atoms with E-state index >= 15 is 0 Å². The number of ether oxygens (including phenoxy) is 2. The smallest absolute Gasteiger partial charge is 0.349 e. The van der Waals surface area contributed by atoms with Gasteiger partial charge in [0.05, 0.1) is 0 Å². The van der Waals surface area contributed by atoms with Gasteiger partial charge in [-0.3, -0.25) is 0 Å². The van der Waals surface area contributed by atoms with Crippen molar-refractivity contribution in [3.8, 4) is 11.5 Å². The maximum Gasteiger partial charge on any atom is 0.349 e. The van der Waals surface area contributed by atoms with Gasteiger partial charge in [-0.05, 0) is 12.1 Å².